The standard InChI is InChI=1S/C19H24N2O5S/c1-4-26-19(24)15(10-25-3)21(13-6-7-13)18(23)12-5-8-16-14(9-12)20-17(22)11(2)27-16/h5,8-9,11,13,15H,4,6-7,10H2,1-3H3,(H,20,22)/t11-,15-/m0/s1. The van der Waals surface area contributed by atoms with Crippen molar-refractivity contribution >= 4 is 35.2 Å². The van der Waals surface area contributed by atoms with Gasteiger partial charge in [-0.05, 0) is 44.9 Å². The lowest BCUT2D eigenvalue weighted by molar-refractivity contribution is -0.150. The summed E-state index contributed by atoms with van der Waals surface area (Å²) in [5, 5.41) is 2.67. The normalized spacial score (nSPS) is 19.7. The lowest BCUT2D eigenvalue weighted by Crippen LogP contribution is -2.49. The van der Waals surface area contributed by atoms with E-state index >= 15 is 0 Å². The molecule has 1 saturated carbocycles. The van der Waals surface area contributed by atoms with Gasteiger partial charge in [0.05, 0.1) is 24.2 Å². The van der Waals surface area contributed by atoms with Crippen LogP contribution in [0.3, 0.4) is 0 Å². The number of ether oxygens (including phenoxy) is 2. The molecule has 1 N–H and O–H groups in total. The number of hydrogen-bond donors (Lipinski definition) is 1. The number of nitrogens with zero attached hydrogens (tertiary/aromatic N) is 1. The highest BCUT2D eigenvalue weighted by Gasteiger charge is 2.41. The van der Waals surface area contributed by atoms with Crippen LogP contribution < -0.4 is 5.32 Å². The van der Waals surface area contributed by atoms with Crippen molar-refractivity contribution in [2.45, 2.75) is 48.9 Å². The maximum atomic E-state index is 13.2. The minimum atomic E-state index is -0.782. The van der Waals surface area contributed by atoms with Crippen LogP contribution in [-0.2, 0) is 19.1 Å². The maximum Gasteiger partial charge on any atom is 0.331 e. The molecule has 0 unspecified atom stereocenters. The summed E-state index contributed by atoms with van der Waals surface area (Å²) in [7, 11) is 1.49. The van der Waals surface area contributed by atoms with Crippen molar-refractivity contribution in [3.63, 3.8) is 0 Å². The monoisotopic (exact) mass is 392 g/mol. The van der Waals surface area contributed by atoms with Gasteiger partial charge in [-0.3, -0.25) is 9.59 Å². The van der Waals surface area contributed by atoms with E-state index in [1.54, 1.807) is 24.0 Å². The van der Waals surface area contributed by atoms with Crippen molar-refractivity contribution in [3.8, 4) is 0 Å². The minimum absolute atomic E-state index is 0.00192. The summed E-state index contributed by atoms with van der Waals surface area (Å²) in [6.45, 7) is 3.89. The Morgan fingerprint density at radius 3 is 2.74 bits per heavy atom. The second-order valence-electron chi connectivity index (χ2n) is 6.63. The van der Waals surface area contributed by atoms with Gasteiger partial charge in [-0.25, -0.2) is 4.79 Å². The number of carbonyl (C=O) groups excluding carboxylic acids is 3. The molecule has 27 heavy (non-hydrogen) atoms. The van der Waals surface area contributed by atoms with Crippen molar-refractivity contribution in [2.24, 2.45) is 0 Å². The molecule has 0 radical (unpaired) electrons. The Balaban J connectivity index is 1.88. The number of benzene rings is 1. The van der Waals surface area contributed by atoms with Gasteiger partial charge in [0.15, 0.2) is 6.04 Å². The van der Waals surface area contributed by atoms with Crippen molar-refractivity contribution in [1.29, 1.82) is 0 Å². The molecule has 1 aliphatic carbocycles. The van der Waals surface area contributed by atoms with E-state index in [0.29, 0.717) is 11.3 Å². The fourth-order valence-electron chi connectivity index (χ4n) is 3.06. The Morgan fingerprint density at radius 2 is 2.11 bits per heavy atom. The summed E-state index contributed by atoms with van der Waals surface area (Å²) in [5.74, 6) is -0.802. The first kappa shape index (κ1) is 19.7. The molecule has 2 atom stereocenters. The SMILES string of the molecule is CCOC(=O)[C@H](COC)N(C(=O)c1ccc2c(c1)NC(=O)[C@H](C)S2)C1CC1. The van der Waals surface area contributed by atoms with E-state index in [1.165, 1.54) is 18.9 Å². The van der Waals surface area contributed by atoms with Crippen LogP contribution in [0.4, 0.5) is 5.69 Å². The number of thioether (sulfide) groups is 1. The molecular weight excluding hydrogens is 368 g/mol. The van der Waals surface area contributed by atoms with Gasteiger partial charge < -0.3 is 19.7 Å². The Hall–Kier alpha value is -2.06. The average Bonchev–Trinajstić information content (AvgIpc) is 3.47. The fraction of sp³-hybridized carbons (Fsp3) is 0.526. The summed E-state index contributed by atoms with van der Waals surface area (Å²) in [4.78, 5) is 40.1. The zero-order chi connectivity index (χ0) is 19.6. The Morgan fingerprint density at radius 1 is 1.37 bits per heavy atom. The molecule has 1 heterocycles. The van der Waals surface area contributed by atoms with Gasteiger partial charge in [-0.2, -0.15) is 0 Å². The molecule has 1 aliphatic heterocycles. The molecular formula is C19H24N2O5S. The fourth-order valence-corrected chi connectivity index (χ4v) is 3.99. The lowest BCUT2D eigenvalue weighted by atomic mass is 10.1. The van der Waals surface area contributed by atoms with Crippen LogP contribution in [0.15, 0.2) is 23.1 Å². The van der Waals surface area contributed by atoms with E-state index in [2.05, 4.69) is 5.32 Å². The van der Waals surface area contributed by atoms with Crippen LogP contribution in [0.25, 0.3) is 0 Å². The first-order valence-electron chi connectivity index (χ1n) is 9.06. The van der Waals surface area contributed by atoms with Gasteiger partial charge in [-0.1, -0.05) is 0 Å². The Bertz CT molecular complexity index is 750. The number of anilines is 1. The van der Waals surface area contributed by atoms with Crippen molar-refractivity contribution < 1.29 is 23.9 Å². The zero-order valence-corrected chi connectivity index (χ0v) is 16.5. The summed E-state index contributed by atoms with van der Waals surface area (Å²) in [6.07, 6.45) is 1.70. The molecule has 7 nitrogen and oxygen atoms in total. The predicted molar refractivity (Wildman–Crippen MR) is 102 cm³/mol. The largest absolute Gasteiger partial charge is 0.464 e. The van der Waals surface area contributed by atoms with Crippen molar-refractivity contribution in [2.75, 3.05) is 25.6 Å². The van der Waals surface area contributed by atoms with Crippen molar-refractivity contribution in [3.05, 3.63) is 23.8 Å². The van der Waals surface area contributed by atoms with Crippen LogP contribution in [-0.4, -0.2) is 60.3 Å². The molecule has 1 fully saturated rings. The van der Waals surface area contributed by atoms with Crippen LogP contribution in [0.2, 0.25) is 0 Å². The molecule has 3 rings (SSSR count). The molecule has 0 aromatic heterocycles. The van der Waals surface area contributed by atoms with Crippen LogP contribution in [0, 0.1) is 0 Å². The van der Waals surface area contributed by atoms with Crippen LogP contribution in [0.1, 0.15) is 37.0 Å². The molecule has 0 saturated heterocycles. The third-order valence-corrected chi connectivity index (χ3v) is 5.73. The Labute approximate surface area is 162 Å². The van der Waals surface area contributed by atoms with E-state index in [4.69, 9.17) is 9.47 Å². The summed E-state index contributed by atoms with van der Waals surface area (Å²) >= 11 is 1.46. The highest BCUT2D eigenvalue weighted by Crippen LogP contribution is 2.37. The molecule has 146 valence electrons. The average molecular weight is 392 g/mol. The van der Waals surface area contributed by atoms with Crippen LogP contribution in [0.5, 0.6) is 0 Å². The smallest absolute Gasteiger partial charge is 0.331 e. The second-order valence-corrected chi connectivity index (χ2v) is 8.01. The summed E-state index contributed by atoms with van der Waals surface area (Å²) < 4.78 is 10.3. The third-order valence-electron chi connectivity index (χ3n) is 4.55. The second kappa shape index (κ2) is 8.31. The molecule has 1 aromatic carbocycles. The highest BCUT2D eigenvalue weighted by molar-refractivity contribution is 8.00. The van der Waals surface area contributed by atoms with E-state index < -0.39 is 12.0 Å². The number of methoxy groups -OCH3 is 1. The molecule has 2 amide bonds. The van der Waals surface area contributed by atoms with E-state index in [0.717, 1.165) is 17.7 Å². The number of rotatable bonds is 7. The maximum absolute atomic E-state index is 13.2. The van der Waals surface area contributed by atoms with Crippen molar-refractivity contribution in [1.82, 2.24) is 4.90 Å². The highest BCUT2D eigenvalue weighted by atomic mass is 32.2. The molecule has 2 aliphatic rings. The molecule has 0 bridgehead atoms. The number of esters is 1. The number of hydrogen-bond acceptors (Lipinski definition) is 6. The number of nitrogens with one attached hydrogen (secondary N) is 1. The van der Waals surface area contributed by atoms with Gasteiger partial charge in [0, 0.05) is 23.6 Å². The molecule has 0 spiro atoms. The van der Waals surface area contributed by atoms with Gasteiger partial charge in [0.2, 0.25) is 5.91 Å². The number of fused-ring (bicyclic) bond motifs is 1. The topological polar surface area (TPSA) is 84.9 Å². The van der Waals surface area contributed by atoms with E-state index in [-0.39, 0.29) is 36.3 Å². The van der Waals surface area contributed by atoms with E-state index in [1.807, 2.05) is 13.0 Å². The first-order chi connectivity index (χ1) is 13.0. The molecule has 8 heteroatoms. The van der Waals surface area contributed by atoms with Gasteiger partial charge in [0.1, 0.15) is 0 Å². The first-order valence-corrected chi connectivity index (χ1v) is 9.94. The Kier molecular flexibility index (Phi) is 6.06. The van der Waals surface area contributed by atoms with Gasteiger partial charge in [0.25, 0.3) is 5.91 Å². The predicted octanol–water partition coefficient (Wildman–Crippen LogP) is 2.30. The minimum Gasteiger partial charge on any atom is -0.464 e. The molecule has 1 aromatic rings. The quantitative estimate of drug-likeness (QED) is 0.717. The summed E-state index contributed by atoms with van der Waals surface area (Å²) in [6, 6.07) is 4.47. The van der Waals surface area contributed by atoms with E-state index in [9.17, 15) is 14.4 Å². The van der Waals surface area contributed by atoms with Crippen LogP contribution >= 0.6 is 11.8 Å². The number of amides is 2. The van der Waals surface area contributed by atoms with Gasteiger partial charge in [-0.15, -0.1) is 11.8 Å². The summed E-state index contributed by atoms with van der Waals surface area (Å²) in [5.41, 5.74) is 1.06. The lowest BCUT2D eigenvalue weighted by Gasteiger charge is -2.30. The zero-order valence-electron chi connectivity index (χ0n) is 15.7. The third kappa shape index (κ3) is 4.27. The van der Waals surface area contributed by atoms with Gasteiger partial charge >= 0.3 is 5.97 Å². The number of carbonyl (C=O) groups is 3.